The van der Waals surface area contributed by atoms with Crippen molar-refractivity contribution in [3.05, 3.63) is 59.7 Å². The molecule has 2 aromatic rings. The van der Waals surface area contributed by atoms with Gasteiger partial charge < -0.3 is 14.7 Å². The molecule has 2 aromatic carbocycles. The second kappa shape index (κ2) is 10.3. The maximum absolute atomic E-state index is 13.9. The number of likely N-dealkylation sites (tertiary alicyclic amines) is 1. The molecule has 8 nitrogen and oxygen atoms in total. The fourth-order valence-electron chi connectivity index (χ4n) is 5.55. The number of sulfonamides is 1. The van der Waals surface area contributed by atoms with Crippen LogP contribution >= 0.6 is 0 Å². The molecule has 1 amide bonds. The fourth-order valence-corrected chi connectivity index (χ4v) is 6.86. The first kappa shape index (κ1) is 26.3. The number of Topliss-reactive ketones (excluding diaryl/α,β-unsaturated/α-hetero) is 1. The number of carbonyl (C=O) groups is 2. The number of aryl methyl sites for hydroxylation is 1. The van der Waals surface area contributed by atoms with Crippen LogP contribution in [0, 0.1) is 6.92 Å². The summed E-state index contributed by atoms with van der Waals surface area (Å²) < 4.78 is 33.3. The van der Waals surface area contributed by atoms with Crippen molar-refractivity contribution in [2.75, 3.05) is 20.8 Å². The largest absolute Gasteiger partial charge is 0.497 e. The van der Waals surface area contributed by atoms with Crippen molar-refractivity contribution in [3.63, 3.8) is 0 Å². The van der Waals surface area contributed by atoms with Crippen LogP contribution in [0.4, 0.5) is 0 Å². The van der Waals surface area contributed by atoms with Crippen molar-refractivity contribution in [1.82, 2.24) is 9.21 Å². The number of nitrogens with zero attached hydrogens (tertiary/aromatic N) is 2. The summed E-state index contributed by atoms with van der Waals surface area (Å²) in [4.78, 5) is 27.9. The van der Waals surface area contributed by atoms with E-state index in [9.17, 15) is 23.1 Å². The predicted octanol–water partition coefficient (Wildman–Crippen LogP) is 2.71. The molecule has 1 aliphatic heterocycles. The highest BCUT2D eigenvalue weighted by Crippen LogP contribution is 2.45. The number of carbonyl (C=O) groups excluding carboxylic acids is 2. The third-order valence-corrected chi connectivity index (χ3v) is 9.57. The summed E-state index contributed by atoms with van der Waals surface area (Å²) in [5.74, 6) is 0.532. The minimum Gasteiger partial charge on any atom is -0.497 e. The monoisotopic (exact) mass is 514 g/mol. The van der Waals surface area contributed by atoms with Gasteiger partial charge in [0.05, 0.1) is 24.7 Å². The summed E-state index contributed by atoms with van der Waals surface area (Å²) in [5.41, 5.74) is 1.19. The topological polar surface area (TPSA) is 104 Å². The van der Waals surface area contributed by atoms with Crippen molar-refractivity contribution in [2.45, 2.75) is 68.0 Å². The van der Waals surface area contributed by atoms with Crippen LogP contribution in [0.3, 0.4) is 0 Å². The van der Waals surface area contributed by atoms with Crippen LogP contribution in [0.15, 0.2) is 53.4 Å². The van der Waals surface area contributed by atoms with Crippen LogP contribution in [0.25, 0.3) is 0 Å². The van der Waals surface area contributed by atoms with E-state index in [1.165, 1.54) is 11.4 Å². The summed E-state index contributed by atoms with van der Waals surface area (Å²) >= 11 is 0. The molecule has 194 valence electrons. The number of hydrogen-bond donors (Lipinski definition) is 1. The lowest BCUT2D eigenvalue weighted by atomic mass is 9.78. The molecule has 0 aromatic heterocycles. The van der Waals surface area contributed by atoms with Crippen LogP contribution in [-0.2, 0) is 26.0 Å². The van der Waals surface area contributed by atoms with Crippen LogP contribution in [0.5, 0.6) is 5.75 Å². The summed E-state index contributed by atoms with van der Waals surface area (Å²) in [7, 11) is -0.886. The first-order chi connectivity index (χ1) is 17.1. The molecular formula is C27H34N2O6S. The third-order valence-electron chi connectivity index (χ3n) is 7.69. The first-order valence-corrected chi connectivity index (χ1v) is 13.7. The minimum absolute atomic E-state index is 0.131. The lowest BCUT2D eigenvalue weighted by molar-refractivity contribution is -0.140. The minimum atomic E-state index is -3.92. The second-order valence-electron chi connectivity index (χ2n) is 9.91. The van der Waals surface area contributed by atoms with Gasteiger partial charge in [0.1, 0.15) is 17.6 Å². The van der Waals surface area contributed by atoms with Crippen molar-refractivity contribution in [3.8, 4) is 5.75 Å². The normalized spacial score (nSPS) is 20.8. The Morgan fingerprint density at radius 2 is 1.69 bits per heavy atom. The lowest BCUT2D eigenvalue weighted by Crippen LogP contribution is -2.55. The maximum atomic E-state index is 13.9. The Bertz CT molecular complexity index is 1200. The van der Waals surface area contributed by atoms with Gasteiger partial charge in [0, 0.05) is 25.4 Å². The SMILES string of the molecule is COc1ccc(C[C@@H](CO)N2C(=O)[C@@H](N(C)S(=O)(=O)c3ccc(C)cc3)CC23CCC(=O)CC3)cc1. The molecule has 0 radical (unpaired) electrons. The zero-order chi connectivity index (χ0) is 26.1. The van der Waals surface area contributed by atoms with E-state index in [2.05, 4.69) is 0 Å². The van der Waals surface area contributed by atoms with E-state index in [0.717, 1.165) is 11.1 Å². The second-order valence-corrected chi connectivity index (χ2v) is 11.9. The average molecular weight is 515 g/mol. The van der Waals surface area contributed by atoms with Gasteiger partial charge in [-0.2, -0.15) is 4.31 Å². The van der Waals surface area contributed by atoms with Gasteiger partial charge in [-0.05, 0) is 62.4 Å². The maximum Gasteiger partial charge on any atom is 0.243 e. The molecule has 4 rings (SSSR count). The number of methoxy groups -OCH3 is 1. The van der Waals surface area contributed by atoms with Gasteiger partial charge in [-0.1, -0.05) is 29.8 Å². The number of ether oxygens (including phenoxy) is 1. The van der Waals surface area contributed by atoms with E-state index in [4.69, 9.17) is 4.74 Å². The number of likely N-dealkylation sites (N-methyl/N-ethyl adjacent to an activating group) is 1. The molecule has 2 atom stereocenters. The number of rotatable bonds is 8. The Hall–Kier alpha value is -2.75. The van der Waals surface area contributed by atoms with Gasteiger partial charge in [-0.3, -0.25) is 9.59 Å². The molecule has 1 saturated carbocycles. The summed E-state index contributed by atoms with van der Waals surface area (Å²) in [5, 5.41) is 10.4. The van der Waals surface area contributed by atoms with Crippen molar-refractivity contribution in [1.29, 1.82) is 0 Å². The van der Waals surface area contributed by atoms with Gasteiger partial charge >= 0.3 is 0 Å². The number of aliphatic hydroxyl groups is 1. The molecule has 2 fully saturated rings. The highest BCUT2D eigenvalue weighted by atomic mass is 32.2. The van der Waals surface area contributed by atoms with E-state index >= 15 is 0 Å². The Kier molecular flexibility index (Phi) is 7.54. The number of ketones is 1. The van der Waals surface area contributed by atoms with E-state index in [1.54, 1.807) is 36.3 Å². The molecule has 1 aliphatic carbocycles. The van der Waals surface area contributed by atoms with E-state index in [-0.39, 0.29) is 23.2 Å². The van der Waals surface area contributed by atoms with Crippen molar-refractivity contribution >= 4 is 21.7 Å². The molecule has 0 unspecified atom stereocenters. The molecule has 1 N–H and O–H groups in total. The quantitative estimate of drug-likeness (QED) is 0.581. The van der Waals surface area contributed by atoms with Crippen LogP contribution in [0.2, 0.25) is 0 Å². The fraction of sp³-hybridized carbons (Fsp3) is 0.481. The molecule has 9 heteroatoms. The zero-order valence-corrected chi connectivity index (χ0v) is 21.8. The summed E-state index contributed by atoms with van der Waals surface area (Å²) in [6.45, 7) is 1.61. The van der Waals surface area contributed by atoms with Gasteiger partial charge in [0.25, 0.3) is 0 Å². The molecular weight excluding hydrogens is 480 g/mol. The molecule has 0 bridgehead atoms. The third kappa shape index (κ3) is 4.92. The van der Waals surface area contributed by atoms with Gasteiger partial charge in [0.2, 0.25) is 15.9 Å². The summed E-state index contributed by atoms with van der Waals surface area (Å²) in [6.07, 6.45) is 2.30. The number of benzene rings is 2. The number of amides is 1. The number of hydrogen-bond acceptors (Lipinski definition) is 6. The Morgan fingerprint density at radius 3 is 2.25 bits per heavy atom. The zero-order valence-electron chi connectivity index (χ0n) is 21.0. The van der Waals surface area contributed by atoms with Gasteiger partial charge in [-0.15, -0.1) is 0 Å². The first-order valence-electron chi connectivity index (χ1n) is 12.2. The molecule has 2 aliphatic rings. The smallest absolute Gasteiger partial charge is 0.243 e. The standard InChI is InChI=1S/C27H34N2O6S/c1-19-4-10-24(11-5-19)36(33,34)28(2)25-17-27(14-12-22(31)13-15-27)29(26(25)32)21(18-30)16-20-6-8-23(35-3)9-7-20/h4-11,21,25,30H,12-18H2,1-3H3/t21-,25-/m0/s1. The highest BCUT2D eigenvalue weighted by molar-refractivity contribution is 7.89. The van der Waals surface area contributed by atoms with Crippen LogP contribution < -0.4 is 4.74 Å². The summed E-state index contributed by atoms with van der Waals surface area (Å²) in [6, 6.07) is 12.6. The average Bonchev–Trinajstić information content (AvgIpc) is 3.16. The van der Waals surface area contributed by atoms with E-state index < -0.39 is 27.6 Å². The van der Waals surface area contributed by atoms with Crippen LogP contribution in [-0.4, -0.2) is 72.8 Å². The Balaban J connectivity index is 1.66. The van der Waals surface area contributed by atoms with Gasteiger partial charge in [0.15, 0.2) is 0 Å². The molecule has 1 spiro atoms. The van der Waals surface area contributed by atoms with Crippen molar-refractivity contribution < 1.29 is 27.9 Å². The van der Waals surface area contributed by atoms with Gasteiger partial charge in [-0.25, -0.2) is 8.42 Å². The Morgan fingerprint density at radius 1 is 1.08 bits per heavy atom. The molecule has 1 saturated heterocycles. The highest BCUT2D eigenvalue weighted by Gasteiger charge is 2.56. The lowest BCUT2D eigenvalue weighted by Gasteiger charge is -2.44. The molecule has 36 heavy (non-hydrogen) atoms. The van der Waals surface area contributed by atoms with E-state index in [0.29, 0.717) is 44.3 Å². The molecule has 1 heterocycles. The van der Waals surface area contributed by atoms with E-state index in [1.807, 2.05) is 31.2 Å². The predicted molar refractivity (Wildman–Crippen MR) is 135 cm³/mol. The van der Waals surface area contributed by atoms with Crippen LogP contribution in [0.1, 0.15) is 43.2 Å². The Labute approximate surface area is 212 Å². The number of aliphatic hydroxyl groups excluding tert-OH is 1. The van der Waals surface area contributed by atoms with Crippen molar-refractivity contribution in [2.24, 2.45) is 0 Å².